The van der Waals surface area contributed by atoms with Crippen molar-refractivity contribution in [1.29, 1.82) is 0 Å². The smallest absolute Gasteiger partial charge is 0.135 e. The van der Waals surface area contributed by atoms with Gasteiger partial charge in [-0.3, -0.25) is 9.78 Å². The Hall–Kier alpha value is -1.38. The topological polar surface area (TPSA) is 39.2 Å². The maximum atomic E-state index is 11.6. The van der Waals surface area contributed by atoms with Crippen molar-refractivity contribution in [3.8, 4) is 5.75 Å². The number of hydrogen-bond acceptors (Lipinski definition) is 3. The van der Waals surface area contributed by atoms with Crippen molar-refractivity contribution in [3.63, 3.8) is 0 Å². The second-order valence-electron chi connectivity index (χ2n) is 5.02. The summed E-state index contributed by atoms with van der Waals surface area (Å²) in [6.45, 7) is 7.91. The molecule has 0 saturated heterocycles. The number of aryl methyl sites for hydroxylation is 2. The van der Waals surface area contributed by atoms with Crippen LogP contribution in [-0.2, 0) is 11.2 Å². The number of carbonyl (C=O) groups excluding carboxylic acids is 1. The third-order valence-electron chi connectivity index (χ3n) is 3.23. The molecule has 3 nitrogen and oxygen atoms in total. The van der Waals surface area contributed by atoms with Crippen molar-refractivity contribution < 1.29 is 9.53 Å². The third kappa shape index (κ3) is 3.56. The molecule has 0 amide bonds. The van der Waals surface area contributed by atoms with Gasteiger partial charge in [-0.2, -0.15) is 0 Å². The molecule has 18 heavy (non-hydrogen) atoms. The van der Waals surface area contributed by atoms with Gasteiger partial charge in [0.2, 0.25) is 0 Å². The molecule has 0 aromatic carbocycles. The fraction of sp³-hybridized carbons (Fsp3) is 0.600. The highest BCUT2D eigenvalue weighted by atomic mass is 16.5. The number of aromatic nitrogens is 1. The summed E-state index contributed by atoms with van der Waals surface area (Å²) in [5, 5.41) is 0. The first-order valence-corrected chi connectivity index (χ1v) is 6.49. The number of ether oxygens (including phenoxy) is 1. The molecule has 1 aromatic rings. The van der Waals surface area contributed by atoms with E-state index in [9.17, 15) is 4.79 Å². The molecule has 0 radical (unpaired) electrons. The lowest BCUT2D eigenvalue weighted by Gasteiger charge is -2.12. The van der Waals surface area contributed by atoms with Crippen LogP contribution in [0.15, 0.2) is 6.20 Å². The number of methoxy groups -OCH3 is 1. The van der Waals surface area contributed by atoms with Gasteiger partial charge in [-0.1, -0.05) is 13.8 Å². The van der Waals surface area contributed by atoms with Crippen LogP contribution >= 0.6 is 0 Å². The number of ketones is 1. The molecule has 1 aromatic heterocycles. The van der Waals surface area contributed by atoms with Crippen LogP contribution < -0.4 is 4.74 Å². The van der Waals surface area contributed by atoms with Crippen molar-refractivity contribution in [3.05, 3.63) is 23.0 Å². The second kappa shape index (κ2) is 6.53. The number of pyridine rings is 1. The van der Waals surface area contributed by atoms with Gasteiger partial charge in [0.15, 0.2) is 0 Å². The molecule has 0 saturated carbocycles. The molecule has 0 atom stereocenters. The van der Waals surface area contributed by atoms with Gasteiger partial charge in [-0.05, 0) is 26.7 Å². The predicted molar refractivity (Wildman–Crippen MR) is 73.0 cm³/mol. The molecule has 0 fully saturated rings. The Labute approximate surface area is 110 Å². The normalized spacial score (nSPS) is 10.8. The van der Waals surface area contributed by atoms with E-state index in [4.69, 9.17) is 4.74 Å². The number of Topliss-reactive ketones (excluding diaryl/α,β-unsaturated/α-hetero) is 1. The largest absolute Gasteiger partial charge is 0.496 e. The lowest BCUT2D eigenvalue weighted by atomic mass is 10.0. The molecule has 0 aliphatic carbocycles. The van der Waals surface area contributed by atoms with E-state index >= 15 is 0 Å². The van der Waals surface area contributed by atoms with E-state index in [1.165, 1.54) is 0 Å². The van der Waals surface area contributed by atoms with E-state index < -0.39 is 0 Å². The van der Waals surface area contributed by atoms with E-state index in [2.05, 4.69) is 4.98 Å². The Bertz CT molecular complexity index is 425. The zero-order chi connectivity index (χ0) is 13.7. The second-order valence-corrected chi connectivity index (χ2v) is 5.02. The minimum Gasteiger partial charge on any atom is -0.496 e. The van der Waals surface area contributed by atoms with Gasteiger partial charge in [0.05, 0.1) is 7.11 Å². The minimum absolute atomic E-state index is 0.131. The molecular weight excluding hydrogens is 226 g/mol. The summed E-state index contributed by atoms with van der Waals surface area (Å²) in [7, 11) is 1.68. The summed E-state index contributed by atoms with van der Waals surface area (Å²) in [6, 6.07) is 0. The van der Waals surface area contributed by atoms with Gasteiger partial charge in [0.25, 0.3) is 0 Å². The molecular formula is C15H23NO2. The Kier molecular flexibility index (Phi) is 5.32. The maximum absolute atomic E-state index is 11.6. The van der Waals surface area contributed by atoms with Gasteiger partial charge in [-0.25, -0.2) is 0 Å². The van der Waals surface area contributed by atoms with E-state index in [0.717, 1.165) is 35.4 Å². The maximum Gasteiger partial charge on any atom is 0.135 e. The van der Waals surface area contributed by atoms with Gasteiger partial charge in [0, 0.05) is 35.4 Å². The third-order valence-corrected chi connectivity index (χ3v) is 3.23. The summed E-state index contributed by atoms with van der Waals surface area (Å²) < 4.78 is 5.38. The first-order valence-electron chi connectivity index (χ1n) is 6.49. The highest BCUT2D eigenvalue weighted by Crippen LogP contribution is 2.24. The molecule has 0 bridgehead atoms. The molecule has 0 N–H and O–H groups in total. The number of carbonyl (C=O) groups is 1. The quantitative estimate of drug-likeness (QED) is 0.777. The highest BCUT2D eigenvalue weighted by molar-refractivity contribution is 5.80. The Balaban J connectivity index is 2.66. The number of nitrogens with zero attached hydrogens (tertiary/aromatic N) is 1. The van der Waals surface area contributed by atoms with Gasteiger partial charge >= 0.3 is 0 Å². The first kappa shape index (κ1) is 14.7. The van der Waals surface area contributed by atoms with Crippen LogP contribution in [0.25, 0.3) is 0 Å². The van der Waals surface area contributed by atoms with Crippen LogP contribution in [0.1, 0.15) is 43.5 Å². The van der Waals surface area contributed by atoms with Crippen molar-refractivity contribution in [2.75, 3.05) is 7.11 Å². The minimum atomic E-state index is 0.131. The SMILES string of the molecule is COc1c(C)cnc(CCCC(=O)C(C)C)c1C. The van der Waals surface area contributed by atoms with Crippen LogP contribution in [0.5, 0.6) is 5.75 Å². The van der Waals surface area contributed by atoms with Crippen LogP contribution in [0, 0.1) is 19.8 Å². The van der Waals surface area contributed by atoms with Gasteiger partial charge in [-0.15, -0.1) is 0 Å². The summed E-state index contributed by atoms with van der Waals surface area (Å²) >= 11 is 0. The molecule has 0 spiro atoms. The van der Waals surface area contributed by atoms with Crippen molar-refractivity contribution in [2.24, 2.45) is 5.92 Å². The first-order chi connectivity index (χ1) is 8.47. The van der Waals surface area contributed by atoms with E-state index in [0.29, 0.717) is 12.2 Å². The van der Waals surface area contributed by atoms with Crippen LogP contribution in [0.3, 0.4) is 0 Å². The van der Waals surface area contributed by atoms with Crippen LogP contribution in [0.2, 0.25) is 0 Å². The molecule has 0 aliphatic rings. The Morgan fingerprint density at radius 3 is 2.61 bits per heavy atom. The number of hydrogen-bond donors (Lipinski definition) is 0. The van der Waals surface area contributed by atoms with Crippen molar-refractivity contribution >= 4 is 5.78 Å². The summed E-state index contributed by atoms with van der Waals surface area (Å²) in [5.74, 6) is 1.37. The predicted octanol–water partition coefficient (Wildman–Crippen LogP) is 3.25. The monoisotopic (exact) mass is 249 g/mol. The summed E-state index contributed by atoms with van der Waals surface area (Å²) in [6.07, 6.45) is 4.17. The van der Waals surface area contributed by atoms with E-state index in [1.807, 2.05) is 33.9 Å². The standard InChI is InChI=1S/C15H23NO2/c1-10(2)14(17)8-6-7-13-12(4)15(18-5)11(3)9-16-13/h9-10H,6-8H2,1-5H3. The molecule has 1 heterocycles. The molecule has 100 valence electrons. The average molecular weight is 249 g/mol. The number of rotatable bonds is 6. The molecule has 3 heteroatoms. The lowest BCUT2D eigenvalue weighted by Crippen LogP contribution is -2.07. The zero-order valence-corrected chi connectivity index (χ0v) is 12.0. The summed E-state index contributed by atoms with van der Waals surface area (Å²) in [4.78, 5) is 16.0. The zero-order valence-electron chi connectivity index (χ0n) is 12.0. The molecule has 1 rings (SSSR count). The Morgan fingerprint density at radius 2 is 2.06 bits per heavy atom. The van der Waals surface area contributed by atoms with E-state index in [1.54, 1.807) is 7.11 Å². The average Bonchev–Trinajstić information content (AvgIpc) is 2.32. The van der Waals surface area contributed by atoms with Crippen molar-refractivity contribution in [1.82, 2.24) is 4.98 Å². The van der Waals surface area contributed by atoms with Crippen LogP contribution in [0.4, 0.5) is 0 Å². The fourth-order valence-electron chi connectivity index (χ4n) is 2.04. The highest BCUT2D eigenvalue weighted by Gasteiger charge is 2.11. The van der Waals surface area contributed by atoms with Crippen LogP contribution in [-0.4, -0.2) is 17.9 Å². The van der Waals surface area contributed by atoms with Gasteiger partial charge in [0.1, 0.15) is 11.5 Å². The molecule has 0 aliphatic heterocycles. The fourth-order valence-corrected chi connectivity index (χ4v) is 2.04. The van der Waals surface area contributed by atoms with Gasteiger partial charge < -0.3 is 4.74 Å². The van der Waals surface area contributed by atoms with Crippen molar-refractivity contribution in [2.45, 2.75) is 47.0 Å². The summed E-state index contributed by atoms with van der Waals surface area (Å²) in [5.41, 5.74) is 3.18. The molecule has 0 unspecified atom stereocenters. The van der Waals surface area contributed by atoms with E-state index in [-0.39, 0.29) is 5.92 Å². The Morgan fingerprint density at radius 1 is 1.39 bits per heavy atom. The lowest BCUT2D eigenvalue weighted by molar-refractivity contribution is -0.121.